The van der Waals surface area contributed by atoms with Crippen LogP contribution in [0, 0.1) is 23.8 Å². The van der Waals surface area contributed by atoms with Crippen molar-refractivity contribution in [2.75, 3.05) is 18.6 Å². The van der Waals surface area contributed by atoms with E-state index < -0.39 is 10.5 Å². The van der Waals surface area contributed by atoms with E-state index in [1.807, 2.05) is 0 Å². The lowest BCUT2D eigenvalue weighted by Crippen LogP contribution is -2.50. The van der Waals surface area contributed by atoms with E-state index in [9.17, 15) is 19.1 Å². The van der Waals surface area contributed by atoms with Crippen LogP contribution in [0.2, 0.25) is 0 Å². The number of quaternary nitrogens is 1. The Balaban J connectivity index is 1.97. The van der Waals surface area contributed by atoms with E-state index in [4.69, 9.17) is 0 Å². The molecule has 31 heavy (non-hydrogen) atoms. The van der Waals surface area contributed by atoms with Crippen molar-refractivity contribution in [2.45, 2.75) is 26.4 Å². The maximum absolute atomic E-state index is 14.6. The Kier molecular flexibility index (Phi) is 5.67. The number of fused-ring (bicyclic) bond motifs is 1. The molecule has 0 saturated heterocycles. The molecule has 2 atom stereocenters. The minimum atomic E-state index is -1.15. The summed E-state index contributed by atoms with van der Waals surface area (Å²) in [4.78, 5) is 9.03. The molecule has 2 heterocycles. The van der Waals surface area contributed by atoms with Crippen molar-refractivity contribution in [1.82, 2.24) is 19.9 Å². The third-order valence-electron chi connectivity index (χ3n) is 5.30. The molecule has 1 unspecified atom stereocenters. The van der Waals surface area contributed by atoms with E-state index in [1.54, 1.807) is 26.0 Å². The average Bonchev–Trinajstić information content (AvgIpc) is 2.74. The first-order valence-corrected chi connectivity index (χ1v) is 9.93. The number of hydrogen-bond donors (Lipinski definition) is 3. The summed E-state index contributed by atoms with van der Waals surface area (Å²) >= 11 is 0. The SMILES string of the molecule is Cc1cc(F)ccc1-c1nc(N[C@@H](C)CO)nc2c1CNC[N+]2([O-])c1ccccc1F. The van der Waals surface area contributed by atoms with E-state index in [0.717, 1.165) is 0 Å². The van der Waals surface area contributed by atoms with Crippen LogP contribution in [0.15, 0.2) is 42.5 Å². The van der Waals surface area contributed by atoms with Crippen molar-refractivity contribution in [2.24, 2.45) is 0 Å². The highest BCUT2D eigenvalue weighted by Crippen LogP contribution is 2.42. The zero-order valence-corrected chi connectivity index (χ0v) is 17.2. The molecule has 0 radical (unpaired) electrons. The number of aryl methyl sites for hydroxylation is 1. The lowest BCUT2D eigenvalue weighted by Gasteiger charge is -2.44. The third-order valence-corrected chi connectivity index (χ3v) is 5.30. The molecule has 1 aliphatic heterocycles. The number of anilines is 1. The Labute approximate surface area is 178 Å². The van der Waals surface area contributed by atoms with Gasteiger partial charge in [-0.1, -0.05) is 12.1 Å². The van der Waals surface area contributed by atoms with Gasteiger partial charge in [-0.05, 0) is 43.7 Å². The van der Waals surface area contributed by atoms with Crippen molar-refractivity contribution in [3.05, 3.63) is 70.4 Å². The van der Waals surface area contributed by atoms with Gasteiger partial charge in [-0.25, -0.2) is 13.8 Å². The van der Waals surface area contributed by atoms with Gasteiger partial charge in [0, 0.05) is 24.2 Å². The predicted octanol–water partition coefficient (Wildman–Crippen LogP) is 3.72. The van der Waals surface area contributed by atoms with Crippen LogP contribution in [0.1, 0.15) is 18.1 Å². The van der Waals surface area contributed by atoms with Gasteiger partial charge in [-0.15, -0.1) is 0 Å². The van der Waals surface area contributed by atoms with Gasteiger partial charge in [-0.3, -0.25) is 9.96 Å². The molecule has 4 rings (SSSR count). The van der Waals surface area contributed by atoms with Crippen LogP contribution in [0.3, 0.4) is 0 Å². The summed E-state index contributed by atoms with van der Waals surface area (Å²) < 4.78 is 27.2. The van der Waals surface area contributed by atoms with E-state index in [-0.39, 0.29) is 42.6 Å². The van der Waals surface area contributed by atoms with Gasteiger partial charge < -0.3 is 15.6 Å². The Morgan fingerprint density at radius 3 is 2.71 bits per heavy atom. The molecule has 0 aliphatic carbocycles. The smallest absolute Gasteiger partial charge is 0.243 e. The zero-order chi connectivity index (χ0) is 22.2. The summed E-state index contributed by atoms with van der Waals surface area (Å²) in [7, 11) is 0. The third kappa shape index (κ3) is 3.88. The molecule has 9 heteroatoms. The fourth-order valence-corrected chi connectivity index (χ4v) is 3.74. The quantitative estimate of drug-likeness (QED) is 0.425. The maximum atomic E-state index is 14.6. The molecular weight excluding hydrogens is 404 g/mol. The van der Waals surface area contributed by atoms with Gasteiger partial charge in [0.1, 0.15) is 12.5 Å². The van der Waals surface area contributed by atoms with Crippen LogP contribution in [0.5, 0.6) is 0 Å². The van der Waals surface area contributed by atoms with Gasteiger partial charge in [-0.2, -0.15) is 4.98 Å². The van der Waals surface area contributed by atoms with Crippen molar-refractivity contribution >= 4 is 17.5 Å². The first kappa shape index (κ1) is 21.3. The van der Waals surface area contributed by atoms with Gasteiger partial charge in [0.2, 0.25) is 11.8 Å². The van der Waals surface area contributed by atoms with Crippen LogP contribution in [-0.4, -0.2) is 34.4 Å². The number of para-hydroxylation sites is 1. The number of aliphatic hydroxyl groups is 1. The standard InChI is InChI=1S/C22H23F2N5O2/c1-13-9-15(23)7-8-16(13)20-17-10-25-12-29(31,19-6-4-3-5-18(19)24)21(17)28-22(27-20)26-14(2)11-30/h3-9,14,25,30H,10-12H2,1-2H3,(H,26,27,28)/t14-,29?/m0/s1. The highest BCUT2D eigenvalue weighted by atomic mass is 19.1. The fourth-order valence-electron chi connectivity index (χ4n) is 3.74. The minimum absolute atomic E-state index is 0.0717. The predicted molar refractivity (Wildman–Crippen MR) is 115 cm³/mol. The molecule has 162 valence electrons. The molecular formula is C22H23F2N5O2. The highest BCUT2D eigenvalue weighted by molar-refractivity contribution is 5.75. The van der Waals surface area contributed by atoms with Crippen LogP contribution in [0.25, 0.3) is 11.3 Å². The van der Waals surface area contributed by atoms with Gasteiger partial charge in [0.25, 0.3) is 0 Å². The van der Waals surface area contributed by atoms with Gasteiger partial charge >= 0.3 is 0 Å². The van der Waals surface area contributed by atoms with Crippen LogP contribution >= 0.6 is 0 Å². The topological polar surface area (TPSA) is 93.1 Å². The monoisotopic (exact) mass is 427 g/mol. The molecule has 0 fully saturated rings. The van der Waals surface area contributed by atoms with Crippen molar-refractivity contribution in [3.63, 3.8) is 0 Å². The van der Waals surface area contributed by atoms with E-state index in [0.29, 0.717) is 28.9 Å². The Morgan fingerprint density at radius 2 is 2.00 bits per heavy atom. The number of nitrogens with one attached hydrogen (secondary N) is 2. The zero-order valence-electron chi connectivity index (χ0n) is 17.2. The molecule has 3 aromatic rings. The average molecular weight is 427 g/mol. The number of aliphatic hydroxyl groups excluding tert-OH is 1. The summed E-state index contributed by atoms with van der Waals surface area (Å²) in [5, 5.41) is 29.5. The number of halogens is 2. The molecule has 0 spiro atoms. The normalized spacial score (nSPS) is 19.0. The second-order valence-electron chi connectivity index (χ2n) is 7.66. The van der Waals surface area contributed by atoms with Gasteiger partial charge in [0.15, 0.2) is 11.5 Å². The first-order chi connectivity index (χ1) is 14.8. The van der Waals surface area contributed by atoms with Crippen molar-refractivity contribution < 1.29 is 13.9 Å². The van der Waals surface area contributed by atoms with E-state index >= 15 is 0 Å². The number of hydrogen-bond acceptors (Lipinski definition) is 6. The summed E-state index contributed by atoms with van der Waals surface area (Å²) in [6.45, 7) is 3.51. The molecule has 1 aromatic heterocycles. The second kappa shape index (κ2) is 8.27. The van der Waals surface area contributed by atoms with Crippen molar-refractivity contribution in [3.8, 4) is 11.3 Å². The number of nitrogens with zero attached hydrogens (tertiary/aromatic N) is 3. The summed E-state index contributed by atoms with van der Waals surface area (Å²) in [6.07, 6.45) is 0. The molecule has 0 amide bonds. The molecule has 3 N–H and O–H groups in total. The summed E-state index contributed by atoms with van der Waals surface area (Å²) in [5.41, 5.74) is 2.18. The Hall–Kier alpha value is -2.98. The summed E-state index contributed by atoms with van der Waals surface area (Å²) in [6, 6.07) is 9.74. The number of aromatic nitrogens is 2. The minimum Gasteiger partial charge on any atom is -0.620 e. The fraction of sp³-hybridized carbons (Fsp3) is 0.273. The molecule has 0 bridgehead atoms. The lowest BCUT2D eigenvalue weighted by atomic mass is 10.00. The first-order valence-electron chi connectivity index (χ1n) is 9.93. The highest BCUT2D eigenvalue weighted by Gasteiger charge is 2.37. The summed E-state index contributed by atoms with van der Waals surface area (Å²) in [5.74, 6) is -0.779. The number of benzene rings is 2. The van der Waals surface area contributed by atoms with Crippen LogP contribution in [0.4, 0.5) is 26.2 Å². The van der Waals surface area contributed by atoms with E-state index in [1.165, 1.54) is 30.3 Å². The van der Waals surface area contributed by atoms with Crippen molar-refractivity contribution in [1.29, 1.82) is 0 Å². The Bertz CT molecular complexity index is 1130. The second-order valence-corrected chi connectivity index (χ2v) is 7.66. The number of hydroxylamine groups is 1. The lowest BCUT2D eigenvalue weighted by molar-refractivity contribution is 0.281. The molecule has 7 nitrogen and oxygen atoms in total. The maximum Gasteiger partial charge on any atom is 0.243 e. The molecule has 0 saturated carbocycles. The van der Waals surface area contributed by atoms with Gasteiger partial charge in [0.05, 0.1) is 17.9 Å². The largest absolute Gasteiger partial charge is 0.620 e. The number of rotatable bonds is 5. The van der Waals surface area contributed by atoms with Crippen LogP contribution < -0.4 is 15.3 Å². The van der Waals surface area contributed by atoms with E-state index in [2.05, 4.69) is 20.6 Å². The van der Waals surface area contributed by atoms with Crippen LogP contribution in [-0.2, 0) is 6.54 Å². The Morgan fingerprint density at radius 1 is 1.23 bits per heavy atom. The molecule has 2 aromatic carbocycles. The molecule has 1 aliphatic rings.